The normalized spacial score (nSPS) is 33.4. The van der Waals surface area contributed by atoms with E-state index in [1.807, 2.05) is 0 Å². The van der Waals surface area contributed by atoms with Gasteiger partial charge in [0.2, 0.25) is 0 Å². The molecule has 1 aliphatic rings. The molecule has 0 spiro atoms. The zero-order valence-electron chi connectivity index (χ0n) is 4.24. The first kappa shape index (κ1) is 7.38. The molecule has 0 radical (unpaired) electrons. The quantitative estimate of drug-likeness (QED) is 0.499. The molecule has 5 heteroatoms. The molecule has 1 heterocycles. The molecule has 2 nitrogen and oxygen atoms in total. The summed E-state index contributed by atoms with van der Waals surface area (Å²) in [7, 11) is 0. The Hall–Kier alpha value is 0.270. The highest BCUT2D eigenvalue weighted by molar-refractivity contribution is 9.10. The molecule has 0 amide bonds. The maximum Gasteiger partial charge on any atom is 0.264 e. The van der Waals surface area contributed by atoms with Crippen LogP contribution in [0.3, 0.4) is 0 Å². The number of nitrogens with zero attached hydrogens (tertiary/aromatic N) is 1. The van der Waals surface area contributed by atoms with E-state index in [9.17, 15) is 0 Å². The largest absolute Gasteiger partial charge is 0.346 e. The van der Waals surface area contributed by atoms with Gasteiger partial charge in [-0.1, -0.05) is 23.2 Å². The van der Waals surface area contributed by atoms with Crippen LogP contribution in [0, 0.1) is 0 Å². The highest BCUT2D eigenvalue weighted by Gasteiger charge is 2.21. The first-order chi connectivity index (χ1) is 4.10. The Labute approximate surface area is 71.1 Å². The van der Waals surface area contributed by atoms with E-state index < -0.39 is 4.03 Å². The molecule has 0 saturated heterocycles. The van der Waals surface area contributed by atoms with Crippen LogP contribution in [0.4, 0.5) is 0 Å². The van der Waals surface area contributed by atoms with Crippen molar-refractivity contribution in [2.45, 2.75) is 4.03 Å². The summed E-state index contributed by atoms with van der Waals surface area (Å²) in [5.41, 5.74) is 0. The summed E-state index contributed by atoms with van der Waals surface area (Å²) in [6, 6.07) is 0. The van der Waals surface area contributed by atoms with Crippen molar-refractivity contribution < 1.29 is 0 Å². The molecule has 0 bridgehead atoms. The van der Waals surface area contributed by atoms with Gasteiger partial charge in [0.05, 0.1) is 0 Å². The number of nitrogens with one attached hydrogen (secondary N) is 1. The average molecular weight is 230 g/mol. The van der Waals surface area contributed by atoms with Gasteiger partial charge in [0.1, 0.15) is 5.17 Å². The van der Waals surface area contributed by atoms with Crippen LogP contribution in [0.25, 0.3) is 0 Å². The van der Waals surface area contributed by atoms with E-state index >= 15 is 0 Å². The minimum Gasteiger partial charge on any atom is -0.346 e. The second-order valence-electron chi connectivity index (χ2n) is 1.45. The Morgan fingerprint density at radius 2 is 2.44 bits per heavy atom. The standard InChI is InChI=1S/C4H3BrCl2N2/c5-4(7)8-2-1-3(6)9-4/h1-2,8H/t4-/m1/s1. The van der Waals surface area contributed by atoms with Crippen LogP contribution < -0.4 is 5.32 Å². The van der Waals surface area contributed by atoms with Crippen LogP contribution in [0.15, 0.2) is 17.3 Å². The van der Waals surface area contributed by atoms with Gasteiger partial charge in [0, 0.05) is 6.20 Å². The summed E-state index contributed by atoms with van der Waals surface area (Å²) >= 11 is 14.2. The van der Waals surface area contributed by atoms with Gasteiger partial charge < -0.3 is 5.32 Å². The molecule has 50 valence electrons. The Balaban J connectivity index is 2.78. The van der Waals surface area contributed by atoms with Gasteiger partial charge in [0.25, 0.3) is 4.03 Å². The van der Waals surface area contributed by atoms with E-state index in [1.165, 1.54) is 0 Å². The van der Waals surface area contributed by atoms with Crippen molar-refractivity contribution in [1.82, 2.24) is 5.32 Å². The van der Waals surface area contributed by atoms with Crippen molar-refractivity contribution in [2.75, 3.05) is 0 Å². The van der Waals surface area contributed by atoms with E-state index in [4.69, 9.17) is 23.2 Å². The van der Waals surface area contributed by atoms with Crippen LogP contribution in [0.5, 0.6) is 0 Å². The Kier molecular flexibility index (Phi) is 2.03. The van der Waals surface area contributed by atoms with Gasteiger partial charge in [-0.15, -0.1) is 0 Å². The molecular formula is C4H3BrCl2N2. The van der Waals surface area contributed by atoms with Gasteiger partial charge in [-0.3, -0.25) is 0 Å². The summed E-state index contributed by atoms with van der Waals surface area (Å²) in [6.45, 7) is 0. The summed E-state index contributed by atoms with van der Waals surface area (Å²) in [5, 5.41) is 3.09. The lowest BCUT2D eigenvalue weighted by Crippen LogP contribution is -2.29. The highest BCUT2D eigenvalue weighted by Crippen LogP contribution is 2.24. The van der Waals surface area contributed by atoms with Gasteiger partial charge in [-0.25, -0.2) is 4.99 Å². The first-order valence-corrected chi connectivity index (χ1v) is 3.72. The van der Waals surface area contributed by atoms with Crippen molar-refractivity contribution in [1.29, 1.82) is 0 Å². The van der Waals surface area contributed by atoms with Crippen LogP contribution >= 0.6 is 39.1 Å². The molecule has 0 saturated carbocycles. The highest BCUT2D eigenvalue weighted by atomic mass is 79.9. The second kappa shape index (κ2) is 2.48. The predicted molar refractivity (Wildman–Crippen MR) is 43.1 cm³/mol. The lowest BCUT2D eigenvalue weighted by Gasteiger charge is -2.17. The molecule has 1 atom stereocenters. The monoisotopic (exact) mass is 228 g/mol. The van der Waals surface area contributed by atoms with Crippen molar-refractivity contribution in [3.05, 3.63) is 12.3 Å². The van der Waals surface area contributed by atoms with Gasteiger partial charge in [-0.05, 0) is 22.0 Å². The van der Waals surface area contributed by atoms with E-state index in [0.717, 1.165) is 0 Å². The fourth-order valence-electron chi connectivity index (χ4n) is 0.414. The smallest absolute Gasteiger partial charge is 0.264 e. The molecular weight excluding hydrogens is 227 g/mol. The van der Waals surface area contributed by atoms with E-state index in [2.05, 4.69) is 26.2 Å². The summed E-state index contributed by atoms with van der Waals surface area (Å²) in [6.07, 6.45) is 3.24. The minimum atomic E-state index is -0.946. The van der Waals surface area contributed by atoms with Crippen molar-refractivity contribution in [3.63, 3.8) is 0 Å². The molecule has 1 aliphatic heterocycles. The van der Waals surface area contributed by atoms with Crippen molar-refractivity contribution >= 4 is 44.3 Å². The maximum atomic E-state index is 5.65. The third kappa shape index (κ3) is 2.16. The number of aliphatic imine (C=N–C) groups is 1. The number of allylic oxidation sites excluding steroid dienone is 1. The van der Waals surface area contributed by atoms with Crippen LogP contribution in [-0.2, 0) is 0 Å². The zero-order valence-corrected chi connectivity index (χ0v) is 7.33. The topological polar surface area (TPSA) is 24.4 Å². The number of rotatable bonds is 0. The van der Waals surface area contributed by atoms with E-state index in [1.54, 1.807) is 12.3 Å². The molecule has 0 unspecified atom stereocenters. The lowest BCUT2D eigenvalue weighted by molar-refractivity contribution is 0.759. The second-order valence-corrected chi connectivity index (χ2v) is 3.99. The van der Waals surface area contributed by atoms with Crippen LogP contribution in [0.2, 0.25) is 0 Å². The number of alkyl halides is 2. The van der Waals surface area contributed by atoms with Crippen molar-refractivity contribution in [2.24, 2.45) is 4.99 Å². The number of hydrogen-bond acceptors (Lipinski definition) is 2. The van der Waals surface area contributed by atoms with Gasteiger partial charge >= 0.3 is 0 Å². The third-order valence-corrected chi connectivity index (χ3v) is 1.54. The lowest BCUT2D eigenvalue weighted by atomic mass is 10.6. The minimum absolute atomic E-state index is 0.376. The molecule has 0 fully saturated rings. The Bertz CT molecular complexity index is 175. The van der Waals surface area contributed by atoms with Crippen molar-refractivity contribution in [3.8, 4) is 0 Å². The first-order valence-electron chi connectivity index (χ1n) is 2.17. The fraction of sp³-hybridized carbons (Fsp3) is 0.250. The van der Waals surface area contributed by atoms with Crippen LogP contribution in [-0.4, -0.2) is 9.20 Å². The summed E-state index contributed by atoms with van der Waals surface area (Å²) in [4.78, 5) is 3.78. The maximum absolute atomic E-state index is 5.65. The Morgan fingerprint density at radius 1 is 1.78 bits per heavy atom. The van der Waals surface area contributed by atoms with E-state index in [-0.39, 0.29) is 0 Å². The summed E-state index contributed by atoms with van der Waals surface area (Å²) in [5.74, 6) is 0. The fourth-order valence-corrected chi connectivity index (χ4v) is 1.23. The molecule has 0 aliphatic carbocycles. The molecule has 0 aromatic carbocycles. The van der Waals surface area contributed by atoms with Gasteiger partial charge in [0.15, 0.2) is 0 Å². The molecule has 0 aromatic heterocycles. The predicted octanol–water partition coefficient (Wildman–Crippen LogP) is 1.99. The average Bonchev–Trinajstić information content (AvgIpc) is 1.60. The molecule has 9 heavy (non-hydrogen) atoms. The summed E-state index contributed by atoms with van der Waals surface area (Å²) < 4.78 is -0.946. The molecule has 1 rings (SSSR count). The molecule has 0 aromatic rings. The third-order valence-electron chi connectivity index (χ3n) is 0.725. The van der Waals surface area contributed by atoms with E-state index in [0.29, 0.717) is 5.17 Å². The van der Waals surface area contributed by atoms with Crippen LogP contribution in [0.1, 0.15) is 0 Å². The number of halogens is 3. The molecule has 1 N–H and O–H groups in total. The Morgan fingerprint density at radius 3 is 2.78 bits per heavy atom. The SMILES string of the molecule is ClC1=N[C@@](Cl)(Br)NC=C1. The number of hydrogen-bond donors (Lipinski definition) is 1. The zero-order chi connectivity index (χ0) is 6.91. The van der Waals surface area contributed by atoms with Gasteiger partial charge in [-0.2, -0.15) is 0 Å².